The quantitative estimate of drug-likeness (QED) is 0.362. The zero-order valence-electron chi connectivity index (χ0n) is 12.7. The van der Waals surface area contributed by atoms with Crippen LogP contribution in [0.4, 0.5) is 8.78 Å². The fourth-order valence-corrected chi connectivity index (χ4v) is 2.21. The van der Waals surface area contributed by atoms with Crippen LogP contribution in [0.15, 0.2) is 53.2 Å². The number of benzene rings is 1. The van der Waals surface area contributed by atoms with Crippen LogP contribution in [0.25, 0.3) is 0 Å². The molecule has 118 valence electrons. The number of ketones is 1. The largest absolute Gasteiger partial charge is 0.289 e. The fourth-order valence-electron chi connectivity index (χ4n) is 1.75. The minimum absolute atomic E-state index is 0.119. The summed E-state index contributed by atoms with van der Waals surface area (Å²) in [6, 6.07) is 5.37. The molecule has 0 aliphatic rings. The van der Waals surface area contributed by atoms with Crippen molar-refractivity contribution in [3.8, 4) is 0 Å². The average Bonchev–Trinajstić information content (AvgIpc) is 2.49. The van der Waals surface area contributed by atoms with Gasteiger partial charge in [-0.25, -0.2) is 13.8 Å². The van der Waals surface area contributed by atoms with Crippen molar-refractivity contribution in [1.82, 2.24) is 0 Å². The Morgan fingerprint density at radius 1 is 1.32 bits per heavy atom. The molecule has 0 heterocycles. The standard InChI is InChI=1S/C17H18BrF2NO/c1-4-6-14(16(18)21-11-5-2)15(22)12-7-9-13(10-8-12)17(3,19)20/h5-11H,4H2,1-3H3/b11-5-,14-6+,21-16-. The van der Waals surface area contributed by atoms with E-state index in [2.05, 4.69) is 20.9 Å². The van der Waals surface area contributed by atoms with E-state index in [0.29, 0.717) is 22.2 Å². The lowest BCUT2D eigenvalue weighted by atomic mass is 10.0. The van der Waals surface area contributed by atoms with Crippen molar-refractivity contribution >= 4 is 26.3 Å². The molecule has 0 saturated carbocycles. The SMILES string of the molecule is C\C=C/N=C(Br)/C(=C/CC)C(=O)c1ccc(C(C)(F)F)cc1. The number of nitrogens with zero attached hydrogens (tertiary/aromatic N) is 1. The molecule has 0 unspecified atom stereocenters. The topological polar surface area (TPSA) is 29.4 Å². The first-order valence-corrected chi connectivity index (χ1v) is 7.68. The van der Waals surface area contributed by atoms with E-state index in [9.17, 15) is 13.6 Å². The highest BCUT2D eigenvalue weighted by atomic mass is 79.9. The number of alkyl halides is 2. The van der Waals surface area contributed by atoms with E-state index in [1.54, 1.807) is 18.4 Å². The zero-order chi connectivity index (χ0) is 16.8. The summed E-state index contributed by atoms with van der Waals surface area (Å²) in [6.07, 6.45) is 5.73. The molecule has 0 fully saturated rings. The van der Waals surface area contributed by atoms with Gasteiger partial charge in [0.05, 0.1) is 5.57 Å². The summed E-state index contributed by atoms with van der Waals surface area (Å²) in [7, 11) is 0. The van der Waals surface area contributed by atoms with Gasteiger partial charge in [-0.15, -0.1) is 0 Å². The van der Waals surface area contributed by atoms with Gasteiger partial charge in [0.15, 0.2) is 5.78 Å². The number of aliphatic imine (C=N–C) groups is 1. The summed E-state index contributed by atoms with van der Waals surface area (Å²) in [5.74, 6) is -3.18. The normalized spacial score (nSPS) is 13.7. The summed E-state index contributed by atoms with van der Waals surface area (Å²) in [4.78, 5) is 16.6. The number of allylic oxidation sites excluding steroid dienone is 3. The van der Waals surface area contributed by atoms with E-state index in [1.165, 1.54) is 24.3 Å². The first kappa shape index (κ1) is 18.4. The van der Waals surface area contributed by atoms with Crippen LogP contribution in [0.2, 0.25) is 0 Å². The Balaban J connectivity index is 3.13. The predicted octanol–water partition coefficient (Wildman–Crippen LogP) is 5.64. The van der Waals surface area contributed by atoms with E-state index in [0.717, 1.165) is 6.92 Å². The van der Waals surface area contributed by atoms with Crippen molar-refractivity contribution in [2.75, 3.05) is 0 Å². The second kappa shape index (κ2) is 8.13. The number of carbonyl (C=O) groups is 1. The van der Waals surface area contributed by atoms with Gasteiger partial charge < -0.3 is 0 Å². The molecule has 2 nitrogen and oxygen atoms in total. The molecule has 0 aliphatic heterocycles. The summed E-state index contributed by atoms with van der Waals surface area (Å²) >= 11 is 3.28. The van der Waals surface area contributed by atoms with E-state index in [4.69, 9.17) is 0 Å². The maximum Gasteiger partial charge on any atom is 0.270 e. The highest BCUT2D eigenvalue weighted by molar-refractivity contribution is 9.18. The Bertz CT molecular complexity index is 611. The molecule has 1 aromatic rings. The number of Topliss-reactive ketones (excluding diaryl/α,β-unsaturated/α-hetero) is 1. The summed E-state index contributed by atoms with van der Waals surface area (Å²) < 4.78 is 26.8. The van der Waals surface area contributed by atoms with Gasteiger partial charge in [-0.05, 0) is 29.3 Å². The molecule has 0 aliphatic carbocycles. The van der Waals surface area contributed by atoms with Gasteiger partial charge in [0.25, 0.3) is 5.92 Å². The third-order valence-corrected chi connectivity index (χ3v) is 3.50. The molecule has 0 amide bonds. The number of hydrogen-bond donors (Lipinski definition) is 0. The Morgan fingerprint density at radius 2 is 1.91 bits per heavy atom. The average molecular weight is 370 g/mol. The monoisotopic (exact) mass is 369 g/mol. The maximum absolute atomic E-state index is 13.2. The molecule has 0 atom stereocenters. The Kier molecular flexibility index (Phi) is 6.81. The van der Waals surface area contributed by atoms with Gasteiger partial charge in [0.2, 0.25) is 0 Å². The lowest BCUT2D eigenvalue weighted by Gasteiger charge is -2.11. The molecule has 1 rings (SSSR count). The maximum atomic E-state index is 13.2. The molecule has 0 aromatic heterocycles. The Hall–Kier alpha value is -1.62. The van der Waals surface area contributed by atoms with Crippen LogP contribution in [-0.2, 0) is 5.92 Å². The van der Waals surface area contributed by atoms with Gasteiger partial charge in [0, 0.05) is 24.3 Å². The third kappa shape index (κ3) is 4.98. The molecule has 0 bridgehead atoms. The van der Waals surface area contributed by atoms with E-state index < -0.39 is 5.92 Å². The van der Waals surface area contributed by atoms with Gasteiger partial charge in [0.1, 0.15) is 4.62 Å². The molecule has 22 heavy (non-hydrogen) atoms. The van der Waals surface area contributed by atoms with Gasteiger partial charge in [-0.3, -0.25) is 4.79 Å². The second-order valence-electron chi connectivity index (χ2n) is 4.72. The highest BCUT2D eigenvalue weighted by Gasteiger charge is 2.24. The number of halogens is 3. The molecule has 5 heteroatoms. The Morgan fingerprint density at radius 3 is 2.36 bits per heavy atom. The van der Waals surface area contributed by atoms with Crippen molar-refractivity contribution < 1.29 is 13.6 Å². The number of carbonyl (C=O) groups excluding carboxylic acids is 1. The lowest BCUT2D eigenvalue weighted by Crippen LogP contribution is -2.11. The van der Waals surface area contributed by atoms with Gasteiger partial charge in [-0.2, -0.15) is 0 Å². The molecule has 0 saturated heterocycles. The lowest BCUT2D eigenvalue weighted by molar-refractivity contribution is 0.0174. The smallest absolute Gasteiger partial charge is 0.270 e. The molecule has 0 N–H and O–H groups in total. The van der Waals surface area contributed by atoms with E-state index in [-0.39, 0.29) is 11.3 Å². The number of rotatable bonds is 6. The molecule has 0 radical (unpaired) electrons. The summed E-state index contributed by atoms with van der Waals surface area (Å²) in [5.41, 5.74) is 0.642. The summed E-state index contributed by atoms with van der Waals surface area (Å²) in [5, 5.41) is 0. The highest BCUT2D eigenvalue weighted by Crippen LogP contribution is 2.27. The van der Waals surface area contributed by atoms with Gasteiger partial charge >= 0.3 is 0 Å². The van der Waals surface area contributed by atoms with Crippen molar-refractivity contribution in [3.05, 3.63) is 59.3 Å². The second-order valence-corrected chi connectivity index (χ2v) is 5.47. The van der Waals surface area contributed by atoms with Crippen molar-refractivity contribution in [2.24, 2.45) is 4.99 Å². The van der Waals surface area contributed by atoms with Crippen LogP contribution in [0.1, 0.15) is 43.1 Å². The number of hydrogen-bond acceptors (Lipinski definition) is 2. The third-order valence-electron chi connectivity index (χ3n) is 2.87. The van der Waals surface area contributed by atoms with Crippen LogP contribution in [0, 0.1) is 0 Å². The van der Waals surface area contributed by atoms with Crippen LogP contribution >= 0.6 is 15.9 Å². The molecule has 0 spiro atoms. The first-order valence-electron chi connectivity index (χ1n) is 6.89. The Labute approximate surface area is 137 Å². The van der Waals surface area contributed by atoms with Crippen molar-refractivity contribution in [3.63, 3.8) is 0 Å². The molecule has 1 aromatic carbocycles. The van der Waals surface area contributed by atoms with Crippen LogP contribution in [-0.4, -0.2) is 10.4 Å². The molecular weight excluding hydrogens is 352 g/mol. The minimum Gasteiger partial charge on any atom is -0.289 e. The van der Waals surface area contributed by atoms with E-state index in [1.807, 2.05) is 13.8 Å². The van der Waals surface area contributed by atoms with E-state index >= 15 is 0 Å². The predicted molar refractivity (Wildman–Crippen MR) is 89.9 cm³/mol. The van der Waals surface area contributed by atoms with Crippen molar-refractivity contribution in [2.45, 2.75) is 33.1 Å². The van der Waals surface area contributed by atoms with Crippen molar-refractivity contribution in [1.29, 1.82) is 0 Å². The fraction of sp³-hybridized carbons (Fsp3) is 0.294. The van der Waals surface area contributed by atoms with Crippen LogP contribution in [0.3, 0.4) is 0 Å². The zero-order valence-corrected chi connectivity index (χ0v) is 14.3. The van der Waals surface area contributed by atoms with Gasteiger partial charge in [-0.1, -0.05) is 43.3 Å². The van der Waals surface area contributed by atoms with Crippen LogP contribution < -0.4 is 0 Å². The first-order chi connectivity index (χ1) is 10.3. The summed E-state index contributed by atoms with van der Waals surface area (Å²) in [6.45, 7) is 4.55. The van der Waals surface area contributed by atoms with Crippen LogP contribution in [0.5, 0.6) is 0 Å². The minimum atomic E-state index is -2.92. The molecular formula is C17H18BrF2NO.